The number of Topliss-reactive ketones (excluding diaryl/α,β-unsaturated/α-hetero) is 1. The fraction of sp³-hybridized carbons (Fsp3) is 0.130. The lowest BCUT2D eigenvalue weighted by Gasteiger charge is -2.12. The van der Waals surface area contributed by atoms with Gasteiger partial charge in [-0.05, 0) is 61.9 Å². The molecule has 3 rings (SSSR count). The van der Waals surface area contributed by atoms with Crippen molar-refractivity contribution in [2.75, 3.05) is 11.9 Å². The molecule has 1 heterocycles. The fourth-order valence-corrected chi connectivity index (χ4v) is 2.65. The molecule has 2 aromatic carbocycles. The minimum atomic E-state index is -0.337. The molecule has 7 nitrogen and oxygen atoms in total. The van der Waals surface area contributed by atoms with E-state index in [9.17, 15) is 9.59 Å². The van der Waals surface area contributed by atoms with Gasteiger partial charge in [-0.15, -0.1) is 0 Å². The van der Waals surface area contributed by atoms with Gasteiger partial charge in [-0.1, -0.05) is 12.1 Å². The van der Waals surface area contributed by atoms with Crippen LogP contribution in [0.5, 0.6) is 17.4 Å². The van der Waals surface area contributed by atoms with Gasteiger partial charge in [0.1, 0.15) is 23.1 Å². The Morgan fingerprint density at radius 2 is 1.93 bits per heavy atom. The van der Waals surface area contributed by atoms with E-state index in [1.165, 1.54) is 6.92 Å². The summed E-state index contributed by atoms with van der Waals surface area (Å²) in [6, 6.07) is 17.1. The average Bonchev–Trinajstić information content (AvgIpc) is 2.75. The van der Waals surface area contributed by atoms with Gasteiger partial charge in [0.25, 0.3) is 5.91 Å². The van der Waals surface area contributed by atoms with Crippen LogP contribution in [0.1, 0.15) is 28.4 Å². The molecule has 0 aliphatic rings. The van der Waals surface area contributed by atoms with E-state index in [-0.39, 0.29) is 24.2 Å². The third-order valence-corrected chi connectivity index (χ3v) is 4.19. The number of nitrogens with zero attached hydrogens (tertiary/aromatic N) is 2. The molecule has 0 spiro atoms. The SMILES string of the molecule is CC(=O)c1cccc(OCC(=O)Nc2ccc(Oc3ncccc3C#N)cc2C)c1. The van der Waals surface area contributed by atoms with Crippen molar-refractivity contribution in [1.29, 1.82) is 5.26 Å². The van der Waals surface area contributed by atoms with Crippen LogP contribution in [0.25, 0.3) is 0 Å². The first-order chi connectivity index (χ1) is 14.5. The zero-order valence-electron chi connectivity index (χ0n) is 16.5. The lowest BCUT2D eigenvalue weighted by Crippen LogP contribution is -2.20. The smallest absolute Gasteiger partial charge is 0.262 e. The van der Waals surface area contributed by atoms with Gasteiger partial charge in [-0.25, -0.2) is 4.98 Å². The van der Waals surface area contributed by atoms with Crippen molar-refractivity contribution in [2.24, 2.45) is 0 Å². The molecule has 3 aromatic rings. The largest absolute Gasteiger partial charge is 0.484 e. The number of benzene rings is 2. The molecule has 1 amide bonds. The number of pyridine rings is 1. The summed E-state index contributed by atoms with van der Waals surface area (Å²) >= 11 is 0. The summed E-state index contributed by atoms with van der Waals surface area (Å²) in [6.45, 7) is 3.10. The van der Waals surface area contributed by atoms with Crippen LogP contribution in [0.2, 0.25) is 0 Å². The molecular weight excluding hydrogens is 382 g/mol. The molecule has 7 heteroatoms. The van der Waals surface area contributed by atoms with Gasteiger partial charge in [0.2, 0.25) is 5.88 Å². The van der Waals surface area contributed by atoms with Gasteiger partial charge in [-0.2, -0.15) is 5.26 Å². The number of carbonyl (C=O) groups excluding carboxylic acids is 2. The number of aryl methyl sites for hydroxylation is 1. The van der Waals surface area contributed by atoms with Gasteiger partial charge in [-0.3, -0.25) is 9.59 Å². The van der Waals surface area contributed by atoms with Crippen LogP contribution in [0.3, 0.4) is 0 Å². The summed E-state index contributed by atoms with van der Waals surface area (Å²) in [4.78, 5) is 27.7. The third-order valence-electron chi connectivity index (χ3n) is 4.19. The van der Waals surface area contributed by atoms with Crippen molar-refractivity contribution in [3.63, 3.8) is 0 Å². The summed E-state index contributed by atoms with van der Waals surface area (Å²) in [6.07, 6.45) is 1.55. The van der Waals surface area contributed by atoms with E-state index in [0.29, 0.717) is 28.3 Å². The van der Waals surface area contributed by atoms with Crippen molar-refractivity contribution in [2.45, 2.75) is 13.8 Å². The minimum Gasteiger partial charge on any atom is -0.484 e. The highest BCUT2D eigenvalue weighted by atomic mass is 16.5. The molecule has 0 aliphatic carbocycles. The lowest BCUT2D eigenvalue weighted by molar-refractivity contribution is -0.118. The topological polar surface area (TPSA) is 101 Å². The first-order valence-electron chi connectivity index (χ1n) is 9.13. The monoisotopic (exact) mass is 401 g/mol. The van der Waals surface area contributed by atoms with E-state index in [2.05, 4.69) is 10.3 Å². The Kier molecular flexibility index (Phi) is 6.40. The van der Waals surface area contributed by atoms with E-state index in [1.54, 1.807) is 60.8 Å². The van der Waals surface area contributed by atoms with Crippen LogP contribution in [0.4, 0.5) is 5.69 Å². The van der Waals surface area contributed by atoms with E-state index >= 15 is 0 Å². The van der Waals surface area contributed by atoms with Crippen LogP contribution in [0.15, 0.2) is 60.8 Å². The molecule has 0 bridgehead atoms. The van der Waals surface area contributed by atoms with Crippen molar-refractivity contribution < 1.29 is 19.1 Å². The quantitative estimate of drug-likeness (QED) is 0.593. The maximum Gasteiger partial charge on any atom is 0.262 e. The number of aromatic nitrogens is 1. The second-order valence-corrected chi connectivity index (χ2v) is 6.47. The molecule has 0 aliphatic heterocycles. The molecule has 0 atom stereocenters. The van der Waals surface area contributed by atoms with Gasteiger partial charge < -0.3 is 14.8 Å². The van der Waals surface area contributed by atoms with Crippen LogP contribution in [-0.2, 0) is 4.79 Å². The van der Waals surface area contributed by atoms with Crippen molar-refractivity contribution >= 4 is 17.4 Å². The highest BCUT2D eigenvalue weighted by Crippen LogP contribution is 2.26. The molecule has 1 aromatic heterocycles. The second-order valence-electron chi connectivity index (χ2n) is 6.47. The van der Waals surface area contributed by atoms with Crippen LogP contribution in [0, 0.1) is 18.3 Å². The van der Waals surface area contributed by atoms with Crippen molar-refractivity contribution in [3.8, 4) is 23.4 Å². The summed E-state index contributed by atoms with van der Waals surface area (Å²) < 4.78 is 11.1. The number of ketones is 1. The van der Waals surface area contributed by atoms with Gasteiger partial charge in [0.05, 0.1) is 0 Å². The summed E-state index contributed by atoms with van der Waals surface area (Å²) in [5, 5.41) is 11.9. The maximum absolute atomic E-state index is 12.2. The normalized spacial score (nSPS) is 10.0. The summed E-state index contributed by atoms with van der Waals surface area (Å²) in [7, 11) is 0. The Bertz CT molecular complexity index is 1140. The fourth-order valence-electron chi connectivity index (χ4n) is 2.65. The number of hydrogen-bond donors (Lipinski definition) is 1. The molecule has 0 radical (unpaired) electrons. The van der Waals surface area contributed by atoms with Gasteiger partial charge in [0.15, 0.2) is 12.4 Å². The highest BCUT2D eigenvalue weighted by Gasteiger charge is 2.10. The highest BCUT2D eigenvalue weighted by molar-refractivity contribution is 5.94. The molecule has 1 N–H and O–H groups in total. The molecule has 0 saturated carbocycles. The van der Waals surface area contributed by atoms with Crippen LogP contribution in [-0.4, -0.2) is 23.3 Å². The number of carbonyl (C=O) groups is 2. The van der Waals surface area contributed by atoms with Crippen LogP contribution < -0.4 is 14.8 Å². The number of anilines is 1. The van der Waals surface area contributed by atoms with Crippen molar-refractivity contribution in [3.05, 3.63) is 77.5 Å². The number of rotatable bonds is 7. The Balaban J connectivity index is 1.61. The van der Waals surface area contributed by atoms with E-state index in [4.69, 9.17) is 14.7 Å². The third kappa shape index (κ3) is 5.20. The van der Waals surface area contributed by atoms with E-state index in [1.807, 2.05) is 13.0 Å². The Morgan fingerprint density at radius 3 is 2.67 bits per heavy atom. The Hall–Kier alpha value is -4.18. The minimum absolute atomic E-state index is 0.0737. The standard InChI is InChI=1S/C23H19N3O4/c1-15-11-20(30-23-18(13-24)6-4-10-25-23)8-9-21(15)26-22(28)14-29-19-7-3-5-17(12-19)16(2)27/h3-12H,14H2,1-2H3,(H,26,28). The number of nitrogens with one attached hydrogen (secondary N) is 1. The molecule has 0 fully saturated rings. The van der Waals surface area contributed by atoms with E-state index < -0.39 is 0 Å². The molecule has 30 heavy (non-hydrogen) atoms. The van der Waals surface area contributed by atoms with E-state index in [0.717, 1.165) is 5.56 Å². The second kappa shape index (κ2) is 9.34. The number of amides is 1. The van der Waals surface area contributed by atoms with Crippen LogP contribution >= 0.6 is 0 Å². The zero-order chi connectivity index (χ0) is 21.5. The Morgan fingerprint density at radius 1 is 1.10 bits per heavy atom. The predicted octanol–water partition coefficient (Wildman–Crippen LogP) is 4.27. The van der Waals surface area contributed by atoms with Gasteiger partial charge >= 0.3 is 0 Å². The van der Waals surface area contributed by atoms with Gasteiger partial charge in [0, 0.05) is 17.4 Å². The number of nitriles is 1. The first-order valence-corrected chi connectivity index (χ1v) is 9.13. The number of ether oxygens (including phenoxy) is 2. The lowest BCUT2D eigenvalue weighted by atomic mass is 10.1. The predicted molar refractivity (Wildman–Crippen MR) is 111 cm³/mol. The zero-order valence-corrected chi connectivity index (χ0v) is 16.5. The average molecular weight is 401 g/mol. The molecule has 150 valence electrons. The number of hydrogen-bond acceptors (Lipinski definition) is 6. The van der Waals surface area contributed by atoms with Crippen molar-refractivity contribution in [1.82, 2.24) is 4.98 Å². The first kappa shape index (κ1) is 20.6. The summed E-state index contributed by atoms with van der Waals surface area (Å²) in [5.41, 5.74) is 2.23. The maximum atomic E-state index is 12.2. The Labute approximate surface area is 173 Å². The molecular formula is C23H19N3O4. The molecule has 0 unspecified atom stereocenters. The molecule has 0 saturated heterocycles. The summed E-state index contributed by atoms with van der Waals surface area (Å²) in [5.74, 6) is 0.754.